The van der Waals surface area contributed by atoms with Crippen LogP contribution in [-0.4, -0.2) is 17.6 Å². The van der Waals surface area contributed by atoms with Crippen molar-refractivity contribution in [1.29, 1.82) is 0 Å². The van der Waals surface area contributed by atoms with Crippen LogP contribution in [0.2, 0.25) is 0 Å². The predicted molar refractivity (Wildman–Crippen MR) is 90.0 cm³/mol. The maximum atomic E-state index is 13.3. The van der Waals surface area contributed by atoms with Crippen LogP contribution in [0.3, 0.4) is 0 Å². The Hall–Kier alpha value is -2.96. The number of halogens is 3. The van der Waals surface area contributed by atoms with Crippen molar-refractivity contribution >= 4 is 16.9 Å². The van der Waals surface area contributed by atoms with Crippen molar-refractivity contribution in [3.05, 3.63) is 65.4 Å². The summed E-state index contributed by atoms with van der Waals surface area (Å²) in [6.45, 7) is 1.93. The van der Waals surface area contributed by atoms with Crippen LogP contribution >= 0.6 is 0 Å². The number of aromatic nitrogens is 1. The molecular formula is C19H16F3NO3. The molecule has 7 heteroatoms. The largest absolute Gasteiger partial charge is 0.487 e. The molecule has 0 radical (unpaired) electrons. The number of benzene rings is 2. The number of nitrogens with one attached hydrogen (secondary N) is 1. The maximum Gasteiger partial charge on any atom is 0.417 e. The average molecular weight is 363 g/mol. The van der Waals surface area contributed by atoms with Crippen LogP contribution in [-0.2, 0) is 17.5 Å². The Morgan fingerprint density at radius 2 is 1.85 bits per heavy atom. The monoisotopic (exact) mass is 363 g/mol. The lowest BCUT2D eigenvalue weighted by Crippen LogP contribution is -2.06. The molecule has 0 spiro atoms. The highest BCUT2D eigenvalue weighted by molar-refractivity contribution is 5.98. The van der Waals surface area contributed by atoms with Crippen molar-refractivity contribution in [2.24, 2.45) is 0 Å². The van der Waals surface area contributed by atoms with E-state index in [1.165, 1.54) is 6.07 Å². The van der Waals surface area contributed by atoms with Gasteiger partial charge in [0.1, 0.15) is 18.1 Å². The van der Waals surface area contributed by atoms with E-state index in [4.69, 9.17) is 9.47 Å². The third-order valence-corrected chi connectivity index (χ3v) is 3.79. The maximum absolute atomic E-state index is 13.3. The summed E-state index contributed by atoms with van der Waals surface area (Å²) >= 11 is 0. The lowest BCUT2D eigenvalue weighted by Gasteiger charge is -2.12. The molecule has 1 aromatic heterocycles. The first kappa shape index (κ1) is 17.8. The first-order valence-electron chi connectivity index (χ1n) is 7.97. The van der Waals surface area contributed by atoms with E-state index in [1.54, 1.807) is 6.92 Å². The summed E-state index contributed by atoms with van der Waals surface area (Å²) < 4.78 is 50.4. The number of rotatable bonds is 5. The molecule has 0 fully saturated rings. The molecule has 0 amide bonds. The number of carbonyl (C=O) groups is 1. The van der Waals surface area contributed by atoms with E-state index in [0.717, 1.165) is 17.7 Å². The van der Waals surface area contributed by atoms with Gasteiger partial charge in [-0.15, -0.1) is 0 Å². The zero-order valence-electron chi connectivity index (χ0n) is 13.9. The zero-order valence-corrected chi connectivity index (χ0v) is 13.9. The highest BCUT2D eigenvalue weighted by atomic mass is 19.4. The Balaban J connectivity index is 2.02. The van der Waals surface area contributed by atoms with Gasteiger partial charge in [-0.3, -0.25) is 0 Å². The van der Waals surface area contributed by atoms with Gasteiger partial charge in [-0.05, 0) is 30.7 Å². The second-order valence-corrected chi connectivity index (χ2v) is 5.58. The Bertz CT molecular complexity index is 917. The van der Waals surface area contributed by atoms with Gasteiger partial charge in [-0.25, -0.2) is 4.79 Å². The normalized spacial score (nSPS) is 11.5. The fraction of sp³-hybridized carbons (Fsp3) is 0.211. The molecule has 0 bridgehead atoms. The van der Waals surface area contributed by atoms with Crippen LogP contribution in [0, 0.1) is 0 Å². The topological polar surface area (TPSA) is 51.3 Å². The summed E-state index contributed by atoms with van der Waals surface area (Å²) in [6.07, 6.45) is -4.55. The molecule has 0 aliphatic rings. The van der Waals surface area contributed by atoms with Gasteiger partial charge in [0, 0.05) is 5.39 Å². The van der Waals surface area contributed by atoms with Gasteiger partial charge in [0.25, 0.3) is 0 Å². The molecule has 3 rings (SSSR count). The van der Waals surface area contributed by atoms with Crippen LogP contribution in [0.15, 0.2) is 48.5 Å². The van der Waals surface area contributed by atoms with Gasteiger partial charge in [-0.2, -0.15) is 13.2 Å². The molecule has 136 valence electrons. The van der Waals surface area contributed by atoms with Crippen LogP contribution in [0.4, 0.5) is 13.2 Å². The second-order valence-electron chi connectivity index (χ2n) is 5.58. The number of aromatic amines is 1. The Kier molecular flexibility index (Phi) is 4.88. The molecule has 0 saturated carbocycles. The third kappa shape index (κ3) is 3.66. The number of esters is 1. The molecule has 0 atom stereocenters. The van der Waals surface area contributed by atoms with Crippen molar-refractivity contribution in [3.8, 4) is 5.75 Å². The van der Waals surface area contributed by atoms with Gasteiger partial charge < -0.3 is 14.5 Å². The number of H-pyrrole nitrogens is 1. The fourth-order valence-electron chi connectivity index (χ4n) is 2.62. The summed E-state index contributed by atoms with van der Waals surface area (Å²) in [4.78, 5) is 14.6. The summed E-state index contributed by atoms with van der Waals surface area (Å²) in [5, 5.41) is -0.133. The lowest BCUT2D eigenvalue weighted by atomic mass is 10.1. The molecule has 1 heterocycles. The minimum absolute atomic E-state index is 0.0527. The lowest BCUT2D eigenvalue weighted by molar-refractivity contribution is -0.136. The summed E-state index contributed by atoms with van der Waals surface area (Å²) in [7, 11) is 0. The predicted octanol–water partition coefficient (Wildman–Crippen LogP) is 4.94. The van der Waals surface area contributed by atoms with E-state index in [9.17, 15) is 18.0 Å². The molecule has 0 unspecified atom stereocenters. The molecule has 4 nitrogen and oxygen atoms in total. The van der Waals surface area contributed by atoms with Crippen LogP contribution in [0.5, 0.6) is 5.75 Å². The first-order valence-corrected chi connectivity index (χ1v) is 7.97. The van der Waals surface area contributed by atoms with Crippen molar-refractivity contribution in [3.63, 3.8) is 0 Å². The highest BCUT2D eigenvalue weighted by Gasteiger charge is 2.34. The van der Waals surface area contributed by atoms with E-state index in [1.807, 2.05) is 30.3 Å². The van der Waals surface area contributed by atoms with Gasteiger partial charge in [0.2, 0.25) is 0 Å². The van der Waals surface area contributed by atoms with Crippen molar-refractivity contribution < 1.29 is 27.4 Å². The number of alkyl halides is 3. The van der Waals surface area contributed by atoms with Crippen LogP contribution < -0.4 is 4.74 Å². The molecule has 0 aliphatic carbocycles. The van der Waals surface area contributed by atoms with E-state index in [0.29, 0.717) is 0 Å². The van der Waals surface area contributed by atoms with E-state index < -0.39 is 17.7 Å². The minimum atomic E-state index is -4.55. The minimum Gasteiger partial charge on any atom is -0.487 e. The van der Waals surface area contributed by atoms with Crippen molar-refractivity contribution in [2.45, 2.75) is 19.7 Å². The number of carbonyl (C=O) groups excluding carboxylic acids is 1. The smallest absolute Gasteiger partial charge is 0.417 e. The van der Waals surface area contributed by atoms with E-state index in [-0.39, 0.29) is 35.6 Å². The average Bonchev–Trinajstić information content (AvgIpc) is 3.05. The molecule has 1 N–H and O–H groups in total. The molecule has 26 heavy (non-hydrogen) atoms. The highest BCUT2D eigenvalue weighted by Crippen LogP contribution is 2.38. The van der Waals surface area contributed by atoms with Crippen LogP contribution in [0.25, 0.3) is 10.9 Å². The quantitative estimate of drug-likeness (QED) is 0.653. The van der Waals surface area contributed by atoms with E-state index in [2.05, 4.69) is 4.98 Å². The van der Waals surface area contributed by atoms with Crippen molar-refractivity contribution in [2.75, 3.05) is 6.61 Å². The summed E-state index contributed by atoms with van der Waals surface area (Å²) in [5.41, 5.74) is 0.0889. The van der Waals surface area contributed by atoms with E-state index >= 15 is 0 Å². The van der Waals surface area contributed by atoms with Gasteiger partial charge in [0.15, 0.2) is 0 Å². The summed E-state index contributed by atoms with van der Waals surface area (Å²) in [5.74, 6) is -0.488. The van der Waals surface area contributed by atoms with Gasteiger partial charge in [-0.1, -0.05) is 30.3 Å². The Labute approximate surface area is 147 Å². The first-order chi connectivity index (χ1) is 12.4. The SMILES string of the molecule is CCOC(=O)c1cc2c(C(F)(F)F)ccc(OCc3ccccc3)c2[nH]1. The number of hydrogen-bond donors (Lipinski definition) is 1. The summed E-state index contributed by atoms with van der Waals surface area (Å²) in [6, 6.07) is 12.6. The number of hydrogen-bond acceptors (Lipinski definition) is 3. The Morgan fingerprint density at radius 3 is 2.50 bits per heavy atom. The molecule has 0 saturated heterocycles. The Morgan fingerprint density at radius 1 is 1.12 bits per heavy atom. The standard InChI is InChI=1S/C19H16F3NO3/c1-2-25-18(24)15-10-13-14(19(20,21)22)8-9-16(17(13)23-15)26-11-12-6-4-3-5-7-12/h3-10,23H,2,11H2,1H3. The zero-order chi connectivity index (χ0) is 18.7. The molecule has 0 aliphatic heterocycles. The number of fused-ring (bicyclic) bond motifs is 1. The second kappa shape index (κ2) is 7.11. The van der Waals surface area contributed by atoms with Crippen molar-refractivity contribution in [1.82, 2.24) is 4.98 Å². The van der Waals surface area contributed by atoms with Gasteiger partial charge in [0.05, 0.1) is 17.7 Å². The van der Waals surface area contributed by atoms with Gasteiger partial charge >= 0.3 is 12.1 Å². The number of ether oxygens (including phenoxy) is 2. The third-order valence-electron chi connectivity index (χ3n) is 3.79. The molecule has 2 aromatic carbocycles. The van der Waals surface area contributed by atoms with Crippen LogP contribution in [0.1, 0.15) is 28.5 Å². The fourth-order valence-corrected chi connectivity index (χ4v) is 2.62. The molecule has 3 aromatic rings. The molecular weight excluding hydrogens is 347 g/mol.